The van der Waals surface area contributed by atoms with E-state index in [0.29, 0.717) is 25.2 Å². The van der Waals surface area contributed by atoms with Crippen LogP contribution >= 0.6 is 0 Å². The van der Waals surface area contributed by atoms with Crippen molar-refractivity contribution in [2.24, 2.45) is 0 Å². The maximum absolute atomic E-state index is 11.7. The van der Waals surface area contributed by atoms with Gasteiger partial charge in [-0.2, -0.15) is 0 Å². The molecule has 0 aromatic carbocycles. The molecule has 0 saturated carbocycles. The Kier molecular flexibility index (Phi) is 2.35. The molecule has 0 spiro atoms. The molecule has 1 N–H and O–H groups in total. The number of hydrogen-bond donors (Lipinski definition) is 1. The van der Waals surface area contributed by atoms with Gasteiger partial charge in [-0.3, -0.25) is 0 Å². The summed E-state index contributed by atoms with van der Waals surface area (Å²) in [6.07, 6.45) is 0.765. The maximum atomic E-state index is 11.7. The van der Waals surface area contributed by atoms with Gasteiger partial charge in [-0.15, -0.1) is 0 Å². The number of nitrogens with zero attached hydrogens (tertiary/aromatic N) is 1. The number of piperazine rings is 1. The van der Waals surface area contributed by atoms with Crippen LogP contribution < -0.4 is 5.32 Å². The molecular formula is C8H13FN2O2. The third-order valence-electron chi connectivity index (χ3n) is 2.48. The van der Waals surface area contributed by atoms with Crippen molar-refractivity contribution >= 4 is 6.09 Å². The predicted molar refractivity (Wildman–Crippen MR) is 44.2 cm³/mol. The van der Waals surface area contributed by atoms with Gasteiger partial charge in [0.2, 0.25) is 0 Å². The van der Waals surface area contributed by atoms with Gasteiger partial charge in [-0.05, 0) is 6.42 Å². The van der Waals surface area contributed by atoms with E-state index in [9.17, 15) is 9.18 Å². The number of fused-ring (bicyclic) bond motifs is 2. The van der Waals surface area contributed by atoms with Crippen molar-refractivity contribution in [1.29, 1.82) is 0 Å². The zero-order valence-electron chi connectivity index (χ0n) is 7.33. The summed E-state index contributed by atoms with van der Waals surface area (Å²) in [5.74, 6) is 0. The number of alkyl halides is 1. The summed E-state index contributed by atoms with van der Waals surface area (Å²) in [5, 5.41) is 3.30. The van der Waals surface area contributed by atoms with Gasteiger partial charge in [-0.1, -0.05) is 0 Å². The number of carbonyl (C=O) groups is 1. The van der Waals surface area contributed by atoms with Crippen LogP contribution in [-0.2, 0) is 4.74 Å². The van der Waals surface area contributed by atoms with Crippen molar-refractivity contribution in [3.05, 3.63) is 0 Å². The van der Waals surface area contributed by atoms with Crippen molar-refractivity contribution in [2.75, 3.05) is 26.4 Å². The molecule has 3 aliphatic rings. The van der Waals surface area contributed by atoms with Crippen molar-refractivity contribution < 1.29 is 13.9 Å². The highest BCUT2D eigenvalue weighted by Gasteiger charge is 2.38. The van der Waals surface area contributed by atoms with E-state index in [1.165, 1.54) is 0 Å². The average molecular weight is 188 g/mol. The minimum absolute atomic E-state index is 0.127. The summed E-state index contributed by atoms with van der Waals surface area (Å²) in [6, 6.07) is 0.855. The molecule has 5 heteroatoms. The van der Waals surface area contributed by atoms with E-state index >= 15 is 0 Å². The van der Waals surface area contributed by atoms with E-state index in [2.05, 4.69) is 10.1 Å². The van der Waals surface area contributed by atoms with Crippen molar-refractivity contribution in [1.82, 2.24) is 10.2 Å². The first-order valence-electron chi connectivity index (χ1n) is 4.53. The molecule has 4 nitrogen and oxygen atoms in total. The third-order valence-corrected chi connectivity index (χ3v) is 2.48. The highest BCUT2D eigenvalue weighted by atomic mass is 19.1. The third kappa shape index (κ3) is 1.75. The topological polar surface area (TPSA) is 41.6 Å². The molecule has 0 aromatic rings. The van der Waals surface area contributed by atoms with Crippen molar-refractivity contribution in [2.45, 2.75) is 18.5 Å². The number of rotatable bonds is 2. The maximum Gasteiger partial charge on any atom is 0.409 e. The molecule has 3 aliphatic heterocycles. The van der Waals surface area contributed by atoms with Crippen LogP contribution in [0, 0.1) is 0 Å². The molecule has 3 heterocycles. The Bertz CT molecular complexity index is 196. The van der Waals surface area contributed by atoms with Gasteiger partial charge in [0.15, 0.2) is 0 Å². The lowest BCUT2D eigenvalue weighted by Gasteiger charge is -2.47. The summed E-state index contributed by atoms with van der Waals surface area (Å²) in [5.41, 5.74) is 0. The molecule has 1 amide bonds. The monoisotopic (exact) mass is 188 g/mol. The van der Waals surface area contributed by atoms with Crippen LogP contribution in [0.15, 0.2) is 0 Å². The van der Waals surface area contributed by atoms with Crippen LogP contribution in [0.4, 0.5) is 9.18 Å². The molecule has 2 bridgehead atoms. The molecule has 3 rings (SSSR count). The van der Waals surface area contributed by atoms with Gasteiger partial charge in [0, 0.05) is 25.2 Å². The molecule has 0 radical (unpaired) electrons. The smallest absolute Gasteiger partial charge is 0.409 e. The van der Waals surface area contributed by atoms with Gasteiger partial charge in [0.1, 0.15) is 13.3 Å². The quantitative estimate of drug-likeness (QED) is 0.670. The van der Waals surface area contributed by atoms with Crippen LogP contribution in [0.3, 0.4) is 0 Å². The van der Waals surface area contributed by atoms with Crippen LogP contribution in [0.2, 0.25) is 0 Å². The molecule has 2 unspecified atom stereocenters. The number of nitrogens with one attached hydrogen (secondary N) is 1. The SMILES string of the molecule is O=C(OCCF)N1CC2CC(C1)N2. The highest BCUT2D eigenvalue weighted by molar-refractivity contribution is 5.68. The molecule has 0 aromatic heterocycles. The standard InChI is InChI=1S/C8H13FN2O2/c9-1-2-13-8(12)11-4-6-3-7(5-11)10-6/h6-7,10H,1-5H2. The molecule has 74 valence electrons. The normalized spacial score (nSPS) is 31.0. The predicted octanol–water partition coefficient (Wildman–Crippen LogP) is 0.139. The fraction of sp³-hybridized carbons (Fsp3) is 0.875. The first kappa shape index (κ1) is 8.74. The Hall–Kier alpha value is -0.840. The van der Waals surface area contributed by atoms with Gasteiger partial charge in [0.05, 0.1) is 0 Å². The first-order valence-corrected chi connectivity index (χ1v) is 4.53. The molecule has 2 atom stereocenters. The Balaban J connectivity index is 1.77. The number of halogens is 1. The number of amides is 1. The van der Waals surface area contributed by atoms with E-state index < -0.39 is 6.67 Å². The lowest BCUT2D eigenvalue weighted by molar-refractivity contribution is 0.0468. The van der Waals surface area contributed by atoms with Gasteiger partial charge >= 0.3 is 6.09 Å². The highest BCUT2D eigenvalue weighted by Crippen LogP contribution is 2.20. The Labute approximate surface area is 76.0 Å². The first-order chi connectivity index (χ1) is 6.29. The minimum Gasteiger partial charge on any atom is -0.447 e. The fourth-order valence-electron chi connectivity index (χ4n) is 1.88. The molecule has 3 saturated heterocycles. The summed E-state index contributed by atoms with van der Waals surface area (Å²) < 4.78 is 16.4. The van der Waals surface area contributed by atoms with Crippen molar-refractivity contribution in [3.8, 4) is 0 Å². The second-order valence-electron chi connectivity index (χ2n) is 3.50. The Morgan fingerprint density at radius 2 is 2.15 bits per heavy atom. The van der Waals surface area contributed by atoms with Gasteiger partial charge in [0.25, 0.3) is 0 Å². The zero-order chi connectivity index (χ0) is 9.26. The number of hydrogen-bond acceptors (Lipinski definition) is 3. The van der Waals surface area contributed by atoms with E-state index in [-0.39, 0.29) is 12.7 Å². The molecule has 3 fully saturated rings. The zero-order valence-corrected chi connectivity index (χ0v) is 7.33. The number of carbonyl (C=O) groups excluding carboxylic acids is 1. The summed E-state index contributed by atoms with van der Waals surface area (Å²) in [7, 11) is 0. The van der Waals surface area contributed by atoms with E-state index in [4.69, 9.17) is 0 Å². The summed E-state index contributed by atoms with van der Waals surface area (Å²) in [4.78, 5) is 12.9. The Morgan fingerprint density at radius 1 is 1.54 bits per heavy atom. The molecule has 13 heavy (non-hydrogen) atoms. The molecule has 0 aliphatic carbocycles. The van der Waals surface area contributed by atoms with Crippen LogP contribution in [0.5, 0.6) is 0 Å². The van der Waals surface area contributed by atoms with E-state index in [1.807, 2.05) is 0 Å². The van der Waals surface area contributed by atoms with E-state index in [1.54, 1.807) is 4.90 Å². The number of piperidine rings is 1. The van der Waals surface area contributed by atoms with Gasteiger partial charge in [-0.25, -0.2) is 9.18 Å². The second-order valence-corrected chi connectivity index (χ2v) is 3.50. The van der Waals surface area contributed by atoms with Crippen LogP contribution in [-0.4, -0.2) is 49.4 Å². The van der Waals surface area contributed by atoms with Gasteiger partial charge < -0.3 is 15.0 Å². The van der Waals surface area contributed by atoms with Crippen molar-refractivity contribution in [3.63, 3.8) is 0 Å². The number of ether oxygens (including phenoxy) is 1. The summed E-state index contributed by atoms with van der Waals surface area (Å²) >= 11 is 0. The summed E-state index contributed by atoms with van der Waals surface area (Å²) in [6.45, 7) is 0.659. The fourth-order valence-corrected chi connectivity index (χ4v) is 1.88. The largest absolute Gasteiger partial charge is 0.447 e. The van der Waals surface area contributed by atoms with Crippen LogP contribution in [0.1, 0.15) is 6.42 Å². The lowest BCUT2D eigenvalue weighted by atomic mass is 9.92. The second kappa shape index (κ2) is 3.49. The molecular weight excluding hydrogens is 175 g/mol. The average Bonchev–Trinajstić information content (AvgIpc) is 2.13. The van der Waals surface area contributed by atoms with E-state index in [0.717, 1.165) is 6.42 Å². The van der Waals surface area contributed by atoms with Crippen LogP contribution in [0.25, 0.3) is 0 Å². The minimum atomic E-state index is -0.606. The lowest BCUT2D eigenvalue weighted by Crippen LogP contribution is -2.67. The Morgan fingerprint density at radius 3 is 2.69 bits per heavy atom.